The second-order valence-corrected chi connectivity index (χ2v) is 7.49. The fourth-order valence-electron chi connectivity index (χ4n) is 3.53. The summed E-state index contributed by atoms with van der Waals surface area (Å²) in [5.41, 5.74) is 0.305. The first kappa shape index (κ1) is 13.9. The first-order chi connectivity index (χ1) is 8.36. The highest BCUT2D eigenvalue weighted by Gasteiger charge is 2.43. The van der Waals surface area contributed by atoms with Crippen molar-refractivity contribution in [2.75, 3.05) is 13.2 Å². The van der Waals surface area contributed by atoms with Gasteiger partial charge >= 0.3 is 0 Å². The molecule has 3 heteroatoms. The van der Waals surface area contributed by atoms with Crippen molar-refractivity contribution in [3.8, 4) is 0 Å². The Balaban J connectivity index is 1.85. The van der Waals surface area contributed by atoms with Crippen molar-refractivity contribution in [1.29, 1.82) is 0 Å². The van der Waals surface area contributed by atoms with Crippen LogP contribution >= 0.6 is 0 Å². The van der Waals surface area contributed by atoms with E-state index in [9.17, 15) is 9.90 Å². The molecule has 2 atom stereocenters. The van der Waals surface area contributed by atoms with Crippen LogP contribution in [0.15, 0.2) is 0 Å². The SMILES string of the molecule is CC1CC(C(=O)NCC2(CO)CC2)CC(C)(C)C1. The Bertz CT molecular complexity index is 320. The minimum absolute atomic E-state index is 0.0193. The zero-order valence-corrected chi connectivity index (χ0v) is 12.0. The van der Waals surface area contributed by atoms with Crippen LogP contribution in [0.3, 0.4) is 0 Å². The molecule has 0 aliphatic heterocycles. The first-order valence-electron chi connectivity index (χ1n) is 7.24. The molecule has 2 saturated carbocycles. The van der Waals surface area contributed by atoms with Crippen LogP contribution in [0.4, 0.5) is 0 Å². The predicted octanol–water partition coefficient (Wildman–Crippen LogP) is 2.34. The van der Waals surface area contributed by atoms with Gasteiger partial charge in [0.2, 0.25) is 5.91 Å². The molecule has 0 aromatic heterocycles. The maximum absolute atomic E-state index is 12.2. The van der Waals surface area contributed by atoms with Crippen LogP contribution in [0.2, 0.25) is 0 Å². The number of hydrogen-bond acceptors (Lipinski definition) is 2. The standard InChI is InChI=1S/C15H27NO2/c1-11-6-12(8-14(2,3)7-11)13(18)16-9-15(10-17)4-5-15/h11-12,17H,4-10H2,1-3H3,(H,16,18). The molecule has 18 heavy (non-hydrogen) atoms. The second-order valence-electron chi connectivity index (χ2n) is 7.49. The van der Waals surface area contributed by atoms with E-state index in [1.165, 1.54) is 6.42 Å². The van der Waals surface area contributed by atoms with Gasteiger partial charge in [-0.2, -0.15) is 0 Å². The molecule has 2 N–H and O–H groups in total. The molecule has 0 heterocycles. The van der Waals surface area contributed by atoms with E-state index in [0.29, 0.717) is 12.5 Å². The third kappa shape index (κ3) is 3.25. The van der Waals surface area contributed by atoms with Crippen molar-refractivity contribution < 1.29 is 9.90 Å². The molecule has 0 aromatic carbocycles. The van der Waals surface area contributed by atoms with E-state index in [4.69, 9.17) is 0 Å². The predicted molar refractivity (Wildman–Crippen MR) is 72.0 cm³/mol. The lowest BCUT2D eigenvalue weighted by Crippen LogP contribution is -2.40. The Labute approximate surface area is 110 Å². The smallest absolute Gasteiger partial charge is 0.223 e. The monoisotopic (exact) mass is 253 g/mol. The lowest BCUT2D eigenvalue weighted by atomic mass is 9.68. The molecule has 2 aliphatic carbocycles. The number of carbonyl (C=O) groups is 1. The average molecular weight is 253 g/mol. The quantitative estimate of drug-likeness (QED) is 0.808. The van der Waals surface area contributed by atoms with Gasteiger partial charge in [-0.25, -0.2) is 0 Å². The van der Waals surface area contributed by atoms with Crippen LogP contribution in [-0.2, 0) is 4.79 Å². The van der Waals surface area contributed by atoms with Gasteiger partial charge < -0.3 is 10.4 Å². The molecule has 0 radical (unpaired) electrons. The van der Waals surface area contributed by atoms with Gasteiger partial charge in [-0.1, -0.05) is 20.8 Å². The number of rotatable bonds is 4. The van der Waals surface area contributed by atoms with Gasteiger partial charge in [0.25, 0.3) is 0 Å². The summed E-state index contributed by atoms with van der Waals surface area (Å²) >= 11 is 0. The van der Waals surface area contributed by atoms with Crippen molar-refractivity contribution in [1.82, 2.24) is 5.32 Å². The molecular formula is C15H27NO2. The number of amides is 1. The summed E-state index contributed by atoms with van der Waals surface area (Å²) in [5, 5.41) is 12.3. The number of hydrogen-bond donors (Lipinski definition) is 2. The molecular weight excluding hydrogens is 226 g/mol. The van der Waals surface area contributed by atoms with Crippen molar-refractivity contribution in [3.63, 3.8) is 0 Å². The zero-order valence-electron chi connectivity index (χ0n) is 12.0. The highest BCUT2D eigenvalue weighted by atomic mass is 16.3. The lowest BCUT2D eigenvalue weighted by Gasteiger charge is -2.38. The van der Waals surface area contributed by atoms with E-state index >= 15 is 0 Å². The number of carbonyl (C=O) groups excluding carboxylic acids is 1. The highest BCUT2D eigenvalue weighted by molar-refractivity contribution is 5.78. The van der Waals surface area contributed by atoms with E-state index in [1.807, 2.05) is 0 Å². The van der Waals surface area contributed by atoms with E-state index in [2.05, 4.69) is 26.1 Å². The minimum Gasteiger partial charge on any atom is -0.396 e. The average Bonchev–Trinajstić information content (AvgIpc) is 3.04. The second kappa shape index (κ2) is 4.84. The van der Waals surface area contributed by atoms with E-state index in [-0.39, 0.29) is 29.3 Å². The Hall–Kier alpha value is -0.570. The van der Waals surface area contributed by atoms with Crippen LogP contribution in [0.25, 0.3) is 0 Å². The van der Waals surface area contributed by atoms with Gasteiger partial charge in [0, 0.05) is 17.9 Å². The van der Waals surface area contributed by atoms with Gasteiger partial charge in [0.05, 0.1) is 6.61 Å². The van der Waals surface area contributed by atoms with Gasteiger partial charge in [-0.15, -0.1) is 0 Å². The molecule has 1 amide bonds. The molecule has 0 aromatic rings. The Morgan fingerprint density at radius 2 is 2.00 bits per heavy atom. The molecule has 2 rings (SSSR count). The minimum atomic E-state index is 0.0193. The molecule has 0 saturated heterocycles. The van der Waals surface area contributed by atoms with Gasteiger partial charge in [0.15, 0.2) is 0 Å². The summed E-state index contributed by atoms with van der Waals surface area (Å²) in [6.07, 6.45) is 5.33. The molecule has 0 spiro atoms. The summed E-state index contributed by atoms with van der Waals surface area (Å²) in [6.45, 7) is 7.64. The third-order valence-corrected chi connectivity index (χ3v) is 4.69. The van der Waals surface area contributed by atoms with E-state index in [1.54, 1.807) is 0 Å². The maximum atomic E-state index is 12.2. The molecule has 2 fully saturated rings. The van der Waals surface area contributed by atoms with Gasteiger partial charge in [-0.05, 0) is 43.4 Å². The number of aliphatic hydroxyl groups is 1. The normalized spacial score (nSPS) is 32.9. The fraction of sp³-hybridized carbons (Fsp3) is 0.933. The number of aliphatic hydroxyl groups excluding tert-OH is 1. The van der Waals surface area contributed by atoms with E-state index in [0.717, 1.165) is 25.7 Å². The Morgan fingerprint density at radius 1 is 1.33 bits per heavy atom. The van der Waals surface area contributed by atoms with Gasteiger partial charge in [0.1, 0.15) is 0 Å². The molecule has 2 unspecified atom stereocenters. The van der Waals surface area contributed by atoms with Crippen LogP contribution in [0.5, 0.6) is 0 Å². The van der Waals surface area contributed by atoms with Crippen LogP contribution in [0, 0.1) is 22.7 Å². The molecule has 3 nitrogen and oxygen atoms in total. The summed E-state index contributed by atoms with van der Waals surface area (Å²) in [5.74, 6) is 1.00. The summed E-state index contributed by atoms with van der Waals surface area (Å²) < 4.78 is 0. The lowest BCUT2D eigenvalue weighted by molar-refractivity contribution is -0.128. The maximum Gasteiger partial charge on any atom is 0.223 e. The van der Waals surface area contributed by atoms with E-state index < -0.39 is 0 Å². The van der Waals surface area contributed by atoms with Crippen molar-refractivity contribution in [3.05, 3.63) is 0 Å². The fourth-order valence-corrected chi connectivity index (χ4v) is 3.53. The molecule has 104 valence electrons. The topological polar surface area (TPSA) is 49.3 Å². The molecule has 2 aliphatic rings. The van der Waals surface area contributed by atoms with Crippen molar-refractivity contribution in [2.24, 2.45) is 22.7 Å². The molecule has 0 bridgehead atoms. The zero-order chi connectivity index (χ0) is 13.4. The summed E-state index contributed by atoms with van der Waals surface area (Å²) in [6, 6.07) is 0. The third-order valence-electron chi connectivity index (χ3n) is 4.69. The summed E-state index contributed by atoms with van der Waals surface area (Å²) in [4.78, 5) is 12.2. The van der Waals surface area contributed by atoms with Gasteiger partial charge in [-0.3, -0.25) is 4.79 Å². The Kier molecular flexibility index (Phi) is 3.72. The largest absolute Gasteiger partial charge is 0.396 e. The summed E-state index contributed by atoms with van der Waals surface area (Å²) in [7, 11) is 0. The van der Waals surface area contributed by atoms with Crippen LogP contribution in [0.1, 0.15) is 52.9 Å². The number of nitrogens with one attached hydrogen (secondary N) is 1. The first-order valence-corrected chi connectivity index (χ1v) is 7.24. The van der Waals surface area contributed by atoms with Crippen LogP contribution in [-0.4, -0.2) is 24.2 Å². The highest BCUT2D eigenvalue weighted by Crippen LogP contribution is 2.45. The van der Waals surface area contributed by atoms with Crippen molar-refractivity contribution >= 4 is 5.91 Å². The Morgan fingerprint density at radius 3 is 2.50 bits per heavy atom. The van der Waals surface area contributed by atoms with Crippen molar-refractivity contribution in [2.45, 2.75) is 52.9 Å². The van der Waals surface area contributed by atoms with Crippen LogP contribution < -0.4 is 5.32 Å².